The molecule has 4 aromatic rings. The minimum atomic E-state index is -1.04. The quantitative estimate of drug-likeness (QED) is 0.190. The molecule has 0 aliphatic carbocycles. The Labute approximate surface area is 232 Å². The average molecular weight is 550 g/mol. The zero-order valence-electron chi connectivity index (χ0n) is 21.3. The van der Waals surface area contributed by atoms with Crippen LogP contribution < -0.4 is 0 Å². The second-order valence-electron chi connectivity index (χ2n) is 8.76. The summed E-state index contributed by atoms with van der Waals surface area (Å²) in [7, 11) is 0. The number of fused-ring (bicyclic) bond motifs is 1. The Morgan fingerprint density at radius 2 is 1.63 bits per heavy atom. The third kappa shape index (κ3) is 6.61. The van der Waals surface area contributed by atoms with Crippen LogP contribution in [-0.2, 0) is 21.7 Å². The van der Waals surface area contributed by atoms with Gasteiger partial charge in [-0.3, -0.25) is 0 Å². The summed E-state index contributed by atoms with van der Waals surface area (Å²) in [6.45, 7) is 4.69. The van der Waals surface area contributed by atoms with E-state index in [1.165, 1.54) is 6.07 Å². The Morgan fingerprint density at radius 3 is 2.37 bits per heavy atom. The lowest BCUT2D eigenvalue weighted by Gasteiger charge is -2.34. The summed E-state index contributed by atoms with van der Waals surface area (Å²) >= 11 is 12.2. The number of halogens is 2. The number of rotatable bonds is 11. The van der Waals surface area contributed by atoms with E-state index >= 15 is 0 Å². The lowest BCUT2D eigenvalue weighted by Crippen LogP contribution is -2.34. The first kappa shape index (κ1) is 27.8. The third-order valence-electron chi connectivity index (χ3n) is 6.23. The molecule has 0 amide bonds. The fraction of sp³-hybridized carbons (Fsp3) is 0.226. The molecule has 0 saturated heterocycles. The number of pyridine rings is 1. The van der Waals surface area contributed by atoms with Crippen molar-refractivity contribution in [3.8, 4) is 0 Å². The van der Waals surface area contributed by atoms with Crippen molar-refractivity contribution in [2.75, 3.05) is 13.2 Å². The van der Waals surface area contributed by atoms with Gasteiger partial charge in [0.2, 0.25) is 0 Å². The summed E-state index contributed by atoms with van der Waals surface area (Å²) in [5.41, 5.74) is 4.31. The lowest BCUT2D eigenvalue weighted by atomic mass is 9.94. The highest BCUT2D eigenvalue weighted by Gasteiger charge is 2.34. The number of carboxylic acids is 1. The molecule has 38 heavy (non-hydrogen) atoms. The van der Waals surface area contributed by atoms with Crippen molar-refractivity contribution >= 4 is 52.2 Å². The Balaban J connectivity index is 1.63. The topological polar surface area (TPSA) is 68.7 Å². The van der Waals surface area contributed by atoms with Crippen molar-refractivity contribution in [1.29, 1.82) is 0 Å². The second kappa shape index (κ2) is 12.5. The number of hydrogen-bond acceptors (Lipinski definition) is 4. The van der Waals surface area contributed by atoms with Crippen LogP contribution in [0.3, 0.4) is 0 Å². The van der Waals surface area contributed by atoms with E-state index in [1.54, 1.807) is 12.1 Å². The zero-order chi connectivity index (χ0) is 27.1. The maximum atomic E-state index is 11.8. The molecular weight excluding hydrogens is 521 g/mol. The SMILES string of the molecule is CCOC(CCc1ccc(Cl)cc1C(=O)O)(OCC)c1cccc(/C=C/c2ccc3ccc(Cl)cc3n2)c1. The molecule has 0 aliphatic heterocycles. The van der Waals surface area contributed by atoms with Gasteiger partial charge in [-0.15, -0.1) is 0 Å². The van der Waals surface area contributed by atoms with Crippen molar-refractivity contribution in [3.63, 3.8) is 0 Å². The van der Waals surface area contributed by atoms with Gasteiger partial charge in [-0.1, -0.05) is 65.7 Å². The van der Waals surface area contributed by atoms with Gasteiger partial charge in [0, 0.05) is 40.6 Å². The van der Waals surface area contributed by atoms with Gasteiger partial charge in [-0.2, -0.15) is 0 Å². The molecule has 1 heterocycles. The summed E-state index contributed by atoms with van der Waals surface area (Å²) in [6, 6.07) is 22.5. The number of nitrogens with zero attached hydrogens (tertiary/aromatic N) is 1. The van der Waals surface area contributed by atoms with Gasteiger partial charge >= 0.3 is 5.97 Å². The minimum absolute atomic E-state index is 0.181. The Kier molecular flexibility index (Phi) is 9.18. The number of carboxylic acid groups (broad SMARTS) is 1. The van der Waals surface area contributed by atoms with Gasteiger partial charge in [0.15, 0.2) is 5.79 Å². The number of carbonyl (C=O) groups is 1. The molecular formula is C31H29Cl2NO4. The highest BCUT2D eigenvalue weighted by molar-refractivity contribution is 6.31. The lowest BCUT2D eigenvalue weighted by molar-refractivity contribution is -0.246. The van der Waals surface area contributed by atoms with Crippen LogP contribution >= 0.6 is 23.2 Å². The molecule has 0 unspecified atom stereocenters. The van der Waals surface area contributed by atoms with Gasteiger partial charge in [-0.25, -0.2) is 9.78 Å². The molecule has 0 fully saturated rings. The van der Waals surface area contributed by atoms with E-state index in [4.69, 9.17) is 37.7 Å². The van der Waals surface area contributed by atoms with E-state index in [0.717, 1.165) is 27.7 Å². The number of aryl methyl sites for hydroxylation is 1. The van der Waals surface area contributed by atoms with Crippen LogP contribution in [-0.4, -0.2) is 29.3 Å². The van der Waals surface area contributed by atoms with E-state index < -0.39 is 11.8 Å². The third-order valence-corrected chi connectivity index (χ3v) is 6.70. The van der Waals surface area contributed by atoms with E-state index in [2.05, 4.69) is 0 Å². The number of aromatic nitrogens is 1. The Hall–Kier alpha value is -3.22. The molecule has 1 N–H and O–H groups in total. The monoisotopic (exact) mass is 549 g/mol. The Bertz CT molecular complexity index is 1460. The van der Waals surface area contributed by atoms with Crippen molar-refractivity contribution in [1.82, 2.24) is 4.98 Å². The fourth-order valence-electron chi connectivity index (χ4n) is 4.49. The maximum absolute atomic E-state index is 11.8. The summed E-state index contributed by atoms with van der Waals surface area (Å²) in [5, 5.41) is 11.7. The summed E-state index contributed by atoms with van der Waals surface area (Å²) in [4.78, 5) is 16.5. The second-order valence-corrected chi connectivity index (χ2v) is 9.63. The van der Waals surface area contributed by atoms with Crippen molar-refractivity contribution in [3.05, 3.63) is 111 Å². The number of aromatic carboxylic acids is 1. The maximum Gasteiger partial charge on any atom is 0.336 e. The van der Waals surface area contributed by atoms with Crippen molar-refractivity contribution in [2.45, 2.75) is 32.5 Å². The van der Waals surface area contributed by atoms with Crippen LogP contribution in [0.4, 0.5) is 0 Å². The predicted octanol–water partition coefficient (Wildman–Crippen LogP) is 8.27. The first-order chi connectivity index (χ1) is 18.3. The summed E-state index contributed by atoms with van der Waals surface area (Å²) in [5.74, 6) is -2.06. The van der Waals surface area contributed by atoms with E-state index in [0.29, 0.717) is 41.7 Å². The first-order valence-corrected chi connectivity index (χ1v) is 13.2. The molecule has 7 heteroatoms. The van der Waals surface area contributed by atoms with Crippen molar-refractivity contribution < 1.29 is 19.4 Å². The molecule has 3 aromatic carbocycles. The molecule has 196 valence electrons. The number of hydrogen-bond donors (Lipinski definition) is 1. The largest absolute Gasteiger partial charge is 0.478 e. The van der Waals surface area contributed by atoms with Crippen LogP contribution in [0.15, 0.2) is 72.8 Å². The molecule has 0 bridgehead atoms. The van der Waals surface area contributed by atoms with Crippen LogP contribution in [0, 0.1) is 0 Å². The molecule has 0 atom stereocenters. The molecule has 0 radical (unpaired) electrons. The van der Waals surface area contributed by atoms with Gasteiger partial charge < -0.3 is 14.6 Å². The van der Waals surface area contributed by atoms with Crippen molar-refractivity contribution in [2.24, 2.45) is 0 Å². The standard InChI is InChI=1S/C31H29Cl2NO4/c1-3-37-31(38-4-2,17-16-22-9-12-25(32)19-28(22)30(35)36)24-7-5-6-21(18-24)8-14-27-15-11-23-10-13-26(33)20-29(23)34-27/h5-15,18-20H,3-4,16-17H2,1-2H3,(H,35,36)/b14-8+. The van der Waals surface area contributed by atoms with Crippen LogP contribution in [0.5, 0.6) is 0 Å². The van der Waals surface area contributed by atoms with E-state index in [-0.39, 0.29) is 5.56 Å². The summed E-state index contributed by atoms with van der Waals surface area (Å²) < 4.78 is 12.5. The highest BCUT2D eigenvalue weighted by atomic mass is 35.5. The fourth-order valence-corrected chi connectivity index (χ4v) is 4.83. The summed E-state index contributed by atoms with van der Waals surface area (Å²) in [6.07, 6.45) is 4.81. The Morgan fingerprint density at radius 1 is 0.921 bits per heavy atom. The van der Waals surface area contributed by atoms with Gasteiger partial charge in [0.1, 0.15) is 0 Å². The highest BCUT2D eigenvalue weighted by Crippen LogP contribution is 2.34. The van der Waals surface area contributed by atoms with Gasteiger partial charge in [0.25, 0.3) is 0 Å². The van der Waals surface area contributed by atoms with Crippen LogP contribution in [0.2, 0.25) is 10.0 Å². The molecule has 0 saturated carbocycles. The predicted molar refractivity (Wildman–Crippen MR) is 154 cm³/mol. The number of ether oxygens (including phenoxy) is 2. The number of benzene rings is 3. The van der Waals surface area contributed by atoms with E-state index in [1.807, 2.05) is 80.6 Å². The van der Waals surface area contributed by atoms with Gasteiger partial charge in [0.05, 0.1) is 16.8 Å². The van der Waals surface area contributed by atoms with Gasteiger partial charge in [-0.05, 0) is 73.9 Å². The molecule has 0 spiro atoms. The smallest absolute Gasteiger partial charge is 0.336 e. The molecule has 5 nitrogen and oxygen atoms in total. The minimum Gasteiger partial charge on any atom is -0.478 e. The average Bonchev–Trinajstić information content (AvgIpc) is 2.91. The molecule has 1 aromatic heterocycles. The zero-order valence-corrected chi connectivity index (χ0v) is 22.8. The van der Waals surface area contributed by atoms with Crippen LogP contribution in [0.25, 0.3) is 23.1 Å². The van der Waals surface area contributed by atoms with E-state index in [9.17, 15) is 9.90 Å². The molecule has 0 aliphatic rings. The molecule has 4 rings (SSSR count). The normalized spacial score (nSPS) is 11.9. The first-order valence-electron chi connectivity index (χ1n) is 12.5. The van der Waals surface area contributed by atoms with Crippen LogP contribution in [0.1, 0.15) is 53.0 Å².